The van der Waals surface area contributed by atoms with Crippen LogP contribution in [0.4, 0.5) is 5.82 Å². The molecule has 1 aromatic heterocycles. The van der Waals surface area contributed by atoms with Crippen molar-refractivity contribution >= 4 is 15.8 Å². The van der Waals surface area contributed by atoms with Gasteiger partial charge in [-0.05, 0) is 38.6 Å². The fourth-order valence-electron chi connectivity index (χ4n) is 1.71. The molecule has 1 unspecified atom stereocenters. The van der Waals surface area contributed by atoms with Crippen LogP contribution in [0.15, 0.2) is 39.8 Å². The Balaban J connectivity index is 2.21. The molecule has 0 spiro atoms. The van der Waals surface area contributed by atoms with E-state index in [1.807, 2.05) is 14.0 Å². The van der Waals surface area contributed by atoms with Crippen LogP contribution in [-0.4, -0.2) is 20.6 Å². The molecule has 1 heterocycles. The van der Waals surface area contributed by atoms with Crippen molar-refractivity contribution in [1.82, 2.24) is 10.5 Å². The summed E-state index contributed by atoms with van der Waals surface area (Å²) in [6, 6.07) is 8.39. The monoisotopic (exact) mass is 295 g/mol. The van der Waals surface area contributed by atoms with Gasteiger partial charge in [0.2, 0.25) is 0 Å². The van der Waals surface area contributed by atoms with Crippen LogP contribution in [0.3, 0.4) is 0 Å². The van der Waals surface area contributed by atoms with Crippen molar-refractivity contribution in [1.29, 1.82) is 0 Å². The molecule has 0 amide bonds. The van der Waals surface area contributed by atoms with E-state index in [1.165, 1.54) is 6.07 Å². The van der Waals surface area contributed by atoms with Gasteiger partial charge in [-0.3, -0.25) is 4.72 Å². The van der Waals surface area contributed by atoms with Crippen molar-refractivity contribution in [3.63, 3.8) is 0 Å². The van der Waals surface area contributed by atoms with Crippen LogP contribution in [0.25, 0.3) is 0 Å². The quantitative estimate of drug-likeness (QED) is 0.882. The first-order valence-corrected chi connectivity index (χ1v) is 7.64. The van der Waals surface area contributed by atoms with Crippen LogP contribution < -0.4 is 10.0 Å². The van der Waals surface area contributed by atoms with Crippen LogP contribution in [0.5, 0.6) is 0 Å². The van der Waals surface area contributed by atoms with Crippen molar-refractivity contribution in [2.45, 2.75) is 24.8 Å². The molecular formula is C13H17N3O3S. The summed E-state index contributed by atoms with van der Waals surface area (Å²) in [4.78, 5) is 0.185. The minimum absolute atomic E-state index is 0.165. The number of rotatable bonds is 5. The smallest absolute Gasteiger partial charge is 0.263 e. The predicted octanol–water partition coefficient (Wildman–Crippen LogP) is 2.06. The zero-order valence-electron chi connectivity index (χ0n) is 11.5. The Bertz CT molecular complexity index is 677. The molecule has 0 saturated carbocycles. The molecule has 108 valence electrons. The number of benzene rings is 1. The number of anilines is 1. The third-order valence-corrected chi connectivity index (χ3v) is 4.36. The van der Waals surface area contributed by atoms with E-state index >= 15 is 0 Å². The lowest BCUT2D eigenvalue weighted by Crippen LogP contribution is -2.15. The molecule has 7 heteroatoms. The second kappa shape index (κ2) is 5.64. The zero-order valence-corrected chi connectivity index (χ0v) is 12.4. The van der Waals surface area contributed by atoms with E-state index in [1.54, 1.807) is 31.2 Å². The SMILES string of the molecule is CNC(C)c1ccc(S(=O)(=O)Nc2cc(C)on2)cc1. The lowest BCUT2D eigenvalue weighted by atomic mass is 10.1. The fourth-order valence-corrected chi connectivity index (χ4v) is 2.70. The Hall–Kier alpha value is -1.86. The van der Waals surface area contributed by atoms with Crippen LogP contribution in [0.1, 0.15) is 24.3 Å². The second-order valence-electron chi connectivity index (χ2n) is 4.51. The maximum Gasteiger partial charge on any atom is 0.263 e. The lowest BCUT2D eigenvalue weighted by molar-refractivity contribution is 0.400. The van der Waals surface area contributed by atoms with Crippen LogP contribution in [0, 0.1) is 6.92 Å². The van der Waals surface area contributed by atoms with E-state index in [0.717, 1.165) is 5.56 Å². The van der Waals surface area contributed by atoms with E-state index in [9.17, 15) is 8.42 Å². The van der Waals surface area contributed by atoms with E-state index in [4.69, 9.17) is 4.52 Å². The number of sulfonamides is 1. The molecule has 0 aliphatic carbocycles. The van der Waals surface area contributed by atoms with Gasteiger partial charge >= 0.3 is 0 Å². The Morgan fingerprint density at radius 1 is 1.25 bits per heavy atom. The predicted molar refractivity (Wildman–Crippen MR) is 76.0 cm³/mol. The number of hydrogen-bond acceptors (Lipinski definition) is 5. The van der Waals surface area contributed by atoms with Gasteiger partial charge < -0.3 is 9.84 Å². The first kappa shape index (κ1) is 14.5. The van der Waals surface area contributed by atoms with E-state index < -0.39 is 10.0 Å². The molecule has 0 saturated heterocycles. The molecule has 20 heavy (non-hydrogen) atoms. The Morgan fingerprint density at radius 2 is 1.90 bits per heavy atom. The largest absolute Gasteiger partial charge is 0.360 e. The molecule has 0 aliphatic rings. The average molecular weight is 295 g/mol. The van der Waals surface area contributed by atoms with Gasteiger partial charge in [0, 0.05) is 12.1 Å². The standard InChI is InChI=1S/C13H17N3O3S/c1-9-8-13(15-19-9)16-20(17,18)12-6-4-11(5-7-12)10(2)14-3/h4-8,10,14H,1-3H3,(H,15,16). The summed E-state index contributed by atoms with van der Waals surface area (Å²) in [6.45, 7) is 3.69. The zero-order chi connectivity index (χ0) is 14.8. The van der Waals surface area contributed by atoms with Gasteiger partial charge in [0.15, 0.2) is 5.82 Å². The van der Waals surface area contributed by atoms with Crippen molar-refractivity contribution in [3.05, 3.63) is 41.7 Å². The summed E-state index contributed by atoms with van der Waals surface area (Å²) in [6.07, 6.45) is 0. The van der Waals surface area contributed by atoms with Gasteiger partial charge in [-0.2, -0.15) is 0 Å². The maximum absolute atomic E-state index is 12.2. The summed E-state index contributed by atoms with van der Waals surface area (Å²) in [5.74, 6) is 0.719. The lowest BCUT2D eigenvalue weighted by Gasteiger charge is -2.11. The molecule has 2 aromatic rings. The van der Waals surface area contributed by atoms with Crippen LogP contribution in [0.2, 0.25) is 0 Å². The highest BCUT2D eigenvalue weighted by Crippen LogP contribution is 2.18. The molecule has 2 N–H and O–H groups in total. The normalized spacial score (nSPS) is 13.2. The Kier molecular flexibility index (Phi) is 4.10. The van der Waals surface area contributed by atoms with Gasteiger partial charge in [-0.25, -0.2) is 8.42 Å². The third-order valence-electron chi connectivity index (χ3n) is 2.99. The number of aryl methyl sites for hydroxylation is 1. The average Bonchev–Trinajstić information content (AvgIpc) is 2.82. The van der Waals surface area contributed by atoms with Crippen LogP contribution >= 0.6 is 0 Å². The second-order valence-corrected chi connectivity index (χ2v) is 6.19. The Labute approximate surface area is 118 Å². The molecule has 1 aromatic carbocycles. The number of nitrogens with one attached hydrogen (secondary N) is 2. The van der Waals surface area contributed by atoms with Gasteiger partial charge in [0.1, 0.15) is 5.76 Å². The number of aromatic nitrogens is 1. The van der Waals surface area contributed by atoms with Crippen molar-refractivity contribution in [2.24, 2.45) is 0 Å². The van der Waals surface area contributed by atoms with Crippen LogP contribution in [-0.2, 0) is 10.0 Å². The number of nitrogens with zero attached hydrogens (tertiary/aromatic N) is 1. The molecule has 2 rings (SSSR count). The van der Waals surface area contributed by atoms with E-state index in [2.05, 4.69) is 15.2 Å². The molecule has 6 nitrogen and oxygen atoms in total. The summed E-state index contributed by atoms with van der Waals surface area (Å²) < 4.78 is 31.5. The third kappa shape index (κ3) is 3.17. The first-order valence-electron chi connectivity index (χ1n) is 6.16. The highest BCUT2D eigenvalue weighted by Gasteiger charge is 2.16. The van der Waals surface area contributed by atoms with Gasteiger partial charge in [0.05, 0.1) is 4.90 Å². The van der Waals surface area contributed by atoms with Crippen molar-refractivity contribution < 1.29 is 12.9 Å². The number of hydrogen-bond donors (Lipinski definition) is 2. The highest BCUT2D eigenvalue weighted by molar-refractivity contribution is 7.92. The minimum Gasteiger partial charge on any atom is -0.360 e. The molecule has 0 radical (unpaired) electrons. The summed E-state index contributed by atoms with van der Waals surface area (Å²) in [5, 5.41) is 6.70. The van der Waals surface area contributed by atoms with Crippen molar-refractivity contribution in [2.75, 3.05) is 11.8 Å². The van der Waals surface area contributed by atoms with Crippen molar-refractivity contribution in [3.8, 4) is 0 Å². The Morgan fingerprint density at radius 3 is 2.40 bits per heavy atom. The fraction of sp³-hybridized carbons (Fsp3) is 0.308. The van der Waals surface area contributed by atoms with E-state index in [-0.39, 0.29) is 16.8 Å². The maximum atomic E-state index is 12.2. The van der Waals surface area contributed by atoms with Gasteiger partial charge in [0.25, 0.3) is 10.0 Å². The minimum atomic E-state index is -3.64. The highest BCUT2D eigenvalue weighted by atomic mass is 32.2. The molecule has 0 aliphatic heterocycles. The molecule has 0 fully saturated rings. The summed E-state index contributed by atoms with van der Waals surface area (Å²) >= 11 is 0. The van der Waals surface area contributed by atoms with Gasteiger partial charge in [-0.1, -0.05) is 17.3 Å². The van der Waals surface area contributed by atoms with E-state index in [0.29, 0.717) is 5.76 Å². The molecular weight excluding hydrogens is 278 g/mol. The summed E-state index contributed by atoms with van der Waals surface area (Å²) in [5.41, 5.74) is 1.02. The van der Waals surface area contributed by atoms with Gasteiger partial charge in [-0.15, -0.1) is 0 Å². The topological polar surface area (TPSA) is 84.2 Å². The first-order chi connectivity index (χ1) is 9.42. The summed E-state index contributed by atoms with van der Waals surface area (Å²) in [7, 11) is -1.79. The molecule has 1 atom stereocenters. The molecule has 0 bridgehead atoms.